The van der Waals surface area contributed by atoms with E-state index in [1.807, 2.05) is 20.8 Å². The normalized spacial score (nSPS) is 46.9. The van der Waals surface area contributed by atoms with Crippen molar-refractivity contribution in [2.45, 2.75) is 164 Å². The van der Waals surface area contributed by atoms with Gasteiger partial charge in [-0.25, -0.2) is 8.42 Å². The maximum Gasteiger partial charge on any atom is 0.309 e. The van der Waals surface area contributed by atoms with Gasteiger partial charge in [-0.05, 0) is 135 Å². The molecule has 0 amide bonds. The van der Waals surface area contributed by atoms with Gasteiger partial charge in [0.2, 0.25) is 0 Å². The van der Waals surface area contributed by atoms with Gasteiger partial charge >= 0.3 is 11.9 Å². The third-order valence-electron chi connectivity index (χ3n) is 19.5. The number of hydrogen-bond donors (Lipinski definition) is 3. The Morgan fingerprint density at radius 1 is 0.800 bits per heavy atom. The van der Waals surface area contributed by atoms with Crippen LogP contribution < -0.4 is 5.32 Å². The Kier molecular flexibility index (Phi) is 10.6. The standard InChI is InChI=1S/C45H76N2O7S/c1-27(2)29-13-18-45(46-26-33(28(3)48)47-21-23-55(52,53)24-22-47)20-19-43(9)30(37(29)45)11-12-35-42(8)16-15-36(41(6,7)34(42)14-17-44(35,43)10)54-39(51)32-25-31(38(49)50)40(32,4)5/h27-37,46,48H,11-26H2,1-10H3,(H,49,50)/t28-,29+,30-,31-,32+,33+,34+,35-,36+,37-,42+,43-,44-,45+/m1/s1. The maximum atomic E-state index is 13.6. The van der Waals surface area contributed by atoms with Crippen molar-refractivity contribution in [3.05, 3.63) is 0 Å². The van der Waals surface area contributed by atoms with Crippen LogP contribution in [0.3, 0.4) is 0 Å². The van der Waals surface area contributed by atoms with E-state index < -0.39 is 33.2 Å². The number of fused-ring (bicyclic) bond motifs is 7. The van der Waals surface area contributed by atoms with E-state index >= 15 is 0 Å². The lowest BCUT2D eigenvalue weighted by Gasteiger charge is -2.73. The molecule has 3 N–H and O–H groups in total. The largest absolute Gasteiger partial charge is 0.481 e. The zero-order chi connectivity index (χ0) is 40.3. The second-order valence-electron chi connectivity index (χ2n) is 22.5. The number of hydrogen-bond acceptors (Lipinski definition) is 8. The molecule has 9 nitrogen and oxygen atoms in total. The van der Waals surface area contributed by atoms with E-state index in [4.69, 9.17) is 4.74 Å². The van der Waals surface area contributed by atoms with Gasteiger partial charge in [0.25, 0.3) is 0 Å². The molecular formula is C45H76N2O7S. The number of esters is 1. The SMILES string of the molecule is CC(C)[C@@H]1CC[C@]2(NC[C@@H]([C@@H](C)O)N3CCS(=O)(=O)CC3)CC[C@]3(C)[C@H](CC[C@@H]4[C@@]5(C)CC[C@H](OC(=O)[C@@H]6C[C@H](C(=O)O)C6(C)C)C(C)(C)[C@@H]5CC[C@]43C)[C@@H]12. The zero-order valence-corrected chi connectivity index (χ0v) is 36.8. The van der Waals surface area contributed by atoms with E-state index in [9.17, 15) is 28.2 Å². The monoisotopic (exact) mass is 789 g/mol. The molecule has 1 aliphatic heterocycles. The first-order valence-electron chi connectivity index (χ1n) is 22.3. The van der Waals surface area contributed by atoms with Crippen molar-refractivity contribution < 1.29 is 33.0 Å². The second kappa shape index (κ2) is 13.9. The molecule has 6 saturated carbocycles. The second-order valence-corrected chi connectivity index (χ2v) is 24.8. The predicted octanol–water partition coefficient (Wildman–Crippen LogP) is 7.20. The molecule has 14 atom stereocenters. The van der Waals surface area contributed by atoms with Crippen LogP contribution >= 0.6 is 0 Å². The Morgan fingerprint density at radius 3 is 2.07 bits per heavy atom. The van der Waals surface area contributed by atoms with Gasteiger partial charge in [0.05, 0.1) is 29.4 Å². The number of ether oxygens (including phenoxy) is 1. The van der Waals surface area contributed by atoms with Crippen LogP contribution in [0.2, 0.25) is 0 Å². The summed E-state index contributed by atoms with van der Waals surface area (Å²) in [5.74, 6) is 2.01. The summed E-state index contributed by atoms with van der Waals surface area (Å²) in [6, 6.07) is -0.0972. The van der Waals surface area contributed by atoms with Crippen LogP contribution in [0.5, 0.6) is 0 Å². The quantitative estimate of drug-likeness (QED) is 0.208. The van der Waals surface area contributed by atoms with Crippen LogP contribution in [0.15, 0.2) is 0 Å². The topological polar surface area (TPSA) is 133 Å². The number of sulfone groups is 1. The first-order chi connectivity index (χ1) is 25.5. The Balaban J connectivity index is 1.10. The zero-order valence-electron chi connectivity index (χ0n) is 36.0. The number of nitrogens with zero attached hydrogens (tertiary/aromatic N) is 1. The Morgan fingerprint density at radius 2 is 1.47 bits per heavy atom. The smallest absolute Gasteiger partial charge is 0.309 e. The molecule has 0 bridgehead atoms. The van der Waals surface area contributed by atoms with Crippen molar-refractivity contribution in [1.29, 1.82) is 0 Å². The predicted molar refractivity (Wildman–Crippen MR) is 216 cm³/mol. The van der Waals surface area contributed by atoms with Gasteiger partial charge in [0.15, 0.2) is 9.84 Å². The fourth-order valence-corrected chi connectivity index (χ4v) is 17.1. The van der Waals surface area contributed by atoms with Crippen molar-refractivity contribution in [1.82, 2.24) is 10.2 Å². The summed E-state index contributed by atoms with van der Waals surface area (Å²) in [5, 5.41) is 24.9. The fourth-order valence-electron chi connectivity index (χ4n) is 15.8. The number of carbonyl (C=O) groups excluding carboxylic acids is 1. The lowest BCUT2D eigenvalue weighted by molar-refractivity contribution is -0.249. The van der Waals surface area contributed by atoms with Crippen LogP contribution in [0.4, 0.5) is 0 Å². The van der Waals surface area contributed by atoms with Gasteiger partial charge in [-0.2, -0.15) is 0 Å². The van der Waals surface area contributed by atoms with E-state index in [0.29, 0.717) is 61.6 Å². The molecule has 0 aromatic heterocycles. The van der Waals surface area contributed by atoms with E-state index in [1.54, 1.807) is 0 Å². The number of nitrogens with one attached hydrogen (secondary N) is 1. The van der Waals surface area contributed by atoms with Crippen LogP contribution in [-0.2, 0) is 24.2 Å². The highest BCUT2D eigenvalue weighted by Gasteiger charge is 2.71. The minimum atomic E-state index is -2.99. The molecule has 10 heteroatoms. The molecule has 1 saturated heterocycles. The number of aliphatic carboxylic acids is 1. The number of carboxylic acid groups (broad SMARTS) is 1. The first-order valence-corrected chi connectivity index (χ1v) is 24.1. The van der Waals surface area contributed by atoms with Crippen LogP contribution in [0.25, 0.3) is 0 Å². The van der Waals surface area contributed by atoms with Gasteiger partial charge in [-0.1, -0.05) is 62.3 Å². The maximum absolute atomic E-state index is 13.6. The number of aliphatic hydroxyl groups excluding tert-OH is 1. The van der Waals surface area contributed by atoms with Crippen molar-refractivity contribution >= 4 is 21.8 Å². The summed E-state index contributed by atoms with van der Waals surface area (Å²) in [5.41, 5.74) is -0.131. The summed E-state index contributed by atoms with van der Waals surface area (Å²) in [6.45, 7) is 24.9. The molecule has 0 aromatic carbocycles. The summed E-state index contributed by atoms with van der Waals surface area (Å²) < 4.78 is 31.0. The molecule has 1 heterocycles. The van der Waals surface area contributed by atoms with Gasteiger partial charge in [-0.3, -0.25) is 14.5 Å². The van der Waals surface area contributed by atoms with Crippen molar-refractivity contribution in [3.63, 3.8) is 0 Å². The van der Waals surface area contributed by atoms with Crippen LogP contribution in [-0.4, -0.2) is 90.4 Å². The minimum absolute atomic E-state index is 0.0435. The Labute approximate surface area is 333 Å². The van der Waals surface area contributed by atoms with Crippen molar-refractivity contribution in [2.75, 3.05) is 31.1 Å². The molecule has 0 radical (unpaired) electrons. The lowest BCUT2D eigenvalue weighted by Crippen LogP contribution is -2.69. The van der Waals surface area contributed by atoms with Gasteiger partial charge in [0, 0.05) is 36.6 Å². The number of aliphatic hydroxyl groups is 1. The van der Waals surface area contributed by atoms with Gasteiger partial charge < -0.3 is 20.3 Å². The molecule has 314 valence electrons. The van der Waals surface area contributed by atoms with Crippen molar-refractivity contribution in [2.24, 2.45) is 74.4 Å². The van der Waals surface area contributed by atoms with Gasteiger partial charge in [0.1, 0.15) is 6.10 Å². The average molecular weight is 789 g/mol. The highest BCUT2D eigenvalue weighted by molar-refractivity contribution is 7.91. The third kappa shape index (κ3) is 6.40. The molecule has 7 fully saturated rings. The summed E-state index contributed by atoms with van der Waals surface area (Å²) in [7, 11) is -2.99. The minimum Gasteiger partial charge on any atom is -0.481 e. The van der Waals surface area contributed by atoms with Gasteiger partial charge in [-0.15, -0.1) is 0 Å². The van der Waals surface area contributed by atoms with E-state index in [-0.39, 0.29) is 62.7 Å². The highest BCUT2D eigenvalue weighted by atomic mass is 32.2. The molecule has 55 heavy (non-hydrogen) atoms. The number of carbonyl (C=O) groups is 2. The third-order valence-corrected chi connectivity index (χ3v) is 21.1. The Bertz CT molecular complexity index is 1600. The lowest BCUT2D eigenvalue weighted by atomic mass is 9.32. The van der Waals surface area contributed by atoms with E-state index in [2.05, 4.69) is 58.7 Å². The molecule has 0 unspecified atom stereocenters. The molecule has 0 spiro atoms. The molecule has 0 aromatic rings. The molecule has 7 rings (SSSR count). The number of carboxylic acids is 1. The highest BCUT2D eigenvalue weighted by Crippen LogP contribution is 2.76. The summed E-state index contributed by atoms with van der Waals surface area (Å²) >= 11 is 0. The average Bonchev–Trinajstić information content (AvgIpc) is 3.46. The molecule has 7 aliphatic rings. The van der Waals surface area contributed by atoms with Crippen LogP contribution in [0, 0.1) is 74.4 Å². The Hall–Kier alpha value is -1.23. The molecular weight excluding hydrogens is 713 g/mol. The van der Waals surface area contributed by atoms with E-state index in [0.717, 1.165) is 25.7 Å². The van der Waals surface area contributed by atoms with Crippen molar-refractivity contribution in [3.8, 4) is 0 Å². The first kappa shape index (κ1) is 41.9. The fraction of sp³-hybridized carbons (Fsp3) is 0.956. The number of rotatable bonds is 9. The van der Waals surface area contributed by atoms with Crippen LogP contribution in [0.1, 0.15) is 140 Å². The molecule has 6 aliphatic carbocycles. The summed E-state index contributed by atoms with van der Waals surface area (Å²) in [4.78, 5) is 27.6. The summed E-state index contributed by atoms with van der Waals surface area (Å²) in [6.07, 6.45) is 11.2. The van der Waals surface area contributed by atoms with E-state index in [1.165, 1.54) is 38.5 Å².